The van der Waals surface area contributed by atoms with E-state index in [9.17, 15) is 27.6 Å². The molecule has 4 rings (SSSR count). The fraction of sp³-hybridized carbons (Fsp3) is 0.423. The number of alkyl halides is 3. The Bertz CT molecular complexity index is 1200. The van der Waals surface area contributed by atoms with Crippen molar-refractivity contribution >= 4 is 23.4 Å². The average Bonchev–Trinajstić information content (AvgIpc) is 2.89. The molecule has 0 aromatic heterocycles. The van der Waals surface area contributed by atoms with Crippen LogP contribution in [0.1, 0.15) is 40.0 Å². The van der Waals surface area contributed by atoms with Gasteiger partial charge in [0.05, 0.1) is 31.2 Å². The summed E-state index contributed by atoms with van der Waals surface area (Å²) in [6.45, 7) is -1.32. The minimum atomic E-state index is -4.49. The SMILES string of the molecule is COc1cccc(C(=O)Nc2ccc3c(c2)C(=O)N(C)[C@H]2CC[C@H](CC(=O)NCC(F)(F)F)O[C@@H]2CO3)c1. The first-order valence-corrected chi connectivity index (χ1v) is 12.0. The van der Waals surface area contributed by atoms with Gasteiger partial charge in [-0.1, -0.05) is 6.07 Å². The Kier molecular flexibility index (Phi) is 8.10. The highest BCUT2D eigenvalue weighted by Gasteiger charge is 2.39. The molecule has 2 aromatic carbocycles. The normalized spacial score (nSPS) is 21.2. The van der Waals surface area contributed by atoms with Crippen molar-refractivity contribution in [3.8, 4) is 11.5 Å². The van der Waals surface area contributed by atoms with Gasteiger partial charge in [0, 0.05) is 18.3 Å². The van der Waals surface area contributed by atoms with E-state index in [4.69, 9.17) is 14.2 Å². The first-order valence-electron chi connectivity index (χ1n) is 12.0. The molecule has 1 saturated heterocycles. The lowest BCUT2D eigenvalue weighted by Gasteiger charge is -2.42. The summed E-state index contributed by atoms with van der Waals surface area (Å²) in [6.07, 6.45) is -5.00. The number of likely N-dealkylation sites (N-methyl/N-ethyl adjacent to an activating group) is 1. The molecule has 0 unspecified atom stereocenters. The van der Waals surface area contributed by atoms with Crippen LogP contribution in [-0.2, 0) is 9.53 Å². The van der Waals surface area contributed by atoms with Crippen molar-refractivity contribution in [2.45, 2.75) is 43.7 Å². The number of anilines is 1. The summed E-state index contributed by atoms with van der Waals surface area (Å²) < 4.78 is 54.1. The van der Waals surface area contributed by atoms with Crippen LogP contribution in [0.15, 0.2) is 42.5 Å². The second-order valence-corrected chi connectivity index (χ2v) is 9.16. The highest BCUT2D eigenvalue weighted by molar-refractivity contribution is 6.05. The van der Waals surface area contributed by atoms with Gasteiger partial charge in [-0.05, 0) is 49.2 Å². The second kappa shape index (κ2) is 11.3. The highest BCUT2D eigenvalue weighted by Crippen LogP contribution is 2.32. The molecule has 2 heterocycles. The number of benzene rings is 2. The summed E-state index contributed by atoms with van der Waals surface area (Å²) in [5.74, 6) is -0.627. The Labute approximate surface area is 217 Å². The van der Waals surface area contributed by atoms with Gasteiger partial charge in [-0.2, -0.15) is 13.2 Å². The largest absolute Gasteiger partial charge is 0.497 e. The zero-order chi connectivity index (χ0) is 27.4. The minimum Gasteiger partial charge on any atom is -0.497 e. The van der Waals surface area contributed by atoms with Gasteiger partial charge in [0.25, 0.3) is 11.8 Å². The summed E-state index contributed by atoms with van der Waals surface area (Å²) >= 11 is 0. The number of halogens is 3. The molecule has 3 amide bonds. The van der Waals surface area contributed by atoms with Crippen LogP contribution in [0.2, 0.25) is 0 Å². The van der Waals surface area contributed by atoms with Crippen LogP contribution in [0.3, 0.4) is 0 Å². The predicted molar refractivity (Wildman–Crippen MR) is 130 cm³/mol. The van der Waals surface area contributed by atoms with Crippen molar-refractivity contribution in [2.75, 3.05) is 32.6 Å². The van der Waals surface area contributed by atoms with Crippen molar-refractivity contribution < 1.29 is 41.8 Å². The number of hydrogen-bond donors (Lipinski definition) is 2. The number of fused-ring (bicyclic) bond motifs is 2. The molecule has 204 valence electrons. The van der Waals surface area contributed by atoms with E-state index in [2.05, 4.69) is 5.32 Å². The van der Waals surface area contributed by atoms with Gasteiger partial charge in [-0.15, -0.1) is 0 Å². The number of amides is 3. The van der Waals surface area contributed by atoms with Crippen molar-refractivity contribution in [2.24, 2.45) is 0 Å². The first-order chi connectivity index (χ1) is 18.0. The van der Waals surface area contributed by atoms with E-state index < -0.39 is 30.8 Å². The molecule has 0 saturated carbocycles. The molecule has 2 N–H and O–H groups in total. The lowest BCUT2D eigenvalue weighted by molar-refractivity contribution is -0.144. The number of nitrogens with zero attached hydrogens (tertiary/aromatic N) is 1. The highest BCUT2D eigenvalue weighted by atomic mass is 19.4. The van der Waals surface area contributed by atoms with Crippen LogP contribution in [-0.4, -0.2) is 74.4 Å². The van der Waals surface area contributed by atoms with E-state index >= 15 is 0 Å². The van der Waals surface area contributed by atoms with E-state index in [0.29, 0.717) is 35.6 Å². The topological polar surface area (TPSA) is 106 Å². The van der Waals surface area contributed by atoms with Crippen LogP contribution in [0.5, 0.6) is 11.5 Å². The average molecular weight is 536 g/mol. The van der Waals surface area contributed by atoms with Crippen LogP contribution in [0, 0.1) is 0 Å². The zero-order valence-electron chi connectivity index (χ0n) is 20.8. The number of carbonyl (C=O) groups is 3. The van der Waals surface area contributed by atoms with Gasteiger partial charge >= 0.3 is 6.18 Å². The minimum absolute atomic E-state index is 0.0749. The Balaban J connectivity index is 1.43. The summed E-state index contributed by atoms with van der Waals surface area (Å²) in [7, 11) is 3.14. The maximum atomic E-state index is 13.4. The van der Waals surface area contributed by atoms with Crippen LogP contribution in [0.25, 0.3) is 0 Å². The molecule has 0 radical (unpaired) electrons. The molecule has 0 bridgehead atoms. The Hall–Kier alpha value is -3.80. The van der Waals surface area contributed by atoms with Gasteiger partial charge in [0.2, 0.25) is 5.91 Å². The molecule has 0 spiro atoms. The number of ether oxygens (including phenoxy) is 3. The molecule has 2 aromatic rings. The summed E-state index contributed by atoms with van der Waals surface area (Å²) in [5.41, 5.74) is 1.06. The van der Waals surface area contributed by atoms with E-state index in [1.165, 1.54) is 7.11 Å². The maximum absolute atomic E-state index is 13.4. The number of carbonyl (C=O) groups excluding carboxylic acids is 3. The fourth-order valence-corrected chi connectivity index (χ4v) is 4.55. The Morgan fingerprint density at radius 3 is 2.68 bits per heavy atom. The lowest BCUT2D eigenvalue weighted by atomic mass is 9.94. The summed E-state index contributed by atoms with van der Waals surface area (Å²) in [6, 6.07) is 11.0. The van der Waals surface area contributed by atoms with Gasteiger partial charge < -0.3 is 29.7 Å². The molecule has 2 aliphatic heterocycles. The van der Waals surface area contributed by atoms with E-state index in [1.807, 2.05) is 5.32 Å². The molecular weight excluding hydrogens is 507 g/mol. The van der Waals surface area contributed by atoms with Gasteiger partial charge in [0.1, 0.15) is 30.8 Å². The van der Waals surface area contributed by atoms with E-state index in [-0.39, 0.29) is 36.4 Å². The van der Waals surface area contributed by atoms with Crippen LogP contribution >= 0.6 is 0 Å². The standard InChI is InChI=1S/C26H28F3N3O6/c1-32-20-8-7-18(12-23(33)30-14-26(27,28)29)38-22(20)13-37-21-9-6-16(11-19(21)25(32)35)31-24(34)15-4-3-5-17(10-15)36-2/h3-6,9-11,18,20,22H,7-8,12-14H2,1-2H3,(H,30,33)(H,31,34)/t18-,20+,22-/m1/s1. The maximum Gasteiger partial charge on any atom is 0.405 e. The Morgan fingerprint density at radius 1 is 1.16 bits per heavy atom. The zero-order valence-corrected chi connectivity index (χ0v) is 20.8. The Morgan fingerprint density at radius 2 is 1.95 bits per heavy atom. The fourth-order valence-electron chi connectivity index (χ4n) is 4.55. The van der Waals surface area contributed by atoms with Gasteiger partial charge in [0.15, 0.2) is 0 Å². The number of hydrogen-bond acceptors (Lipinski definition) is 6. The van der Waals surface area contributed by atoms with Crippen LogP contribution in [0.4, 0.5) is 18.9 Å². The molecule has 1 fully saturated rings. The molecule has 12 heteroatoms. The number of nitrogens with one attached hydrogen (secondary N) is 2. The molecule has 38 heavy (non-hydrogen) atoms. The quantitative estimate of drug-likeness (QED) is 0.588. The smallest absolute Gasteiger partial charge is 0.405 e. The summed E-state index contributed by atoms with van der Waals surface area (Å²) in [5, 5.41) is 4.63. The van der Waals surface area contributed by atoms with Crippen molar-refractivity contribution in [3.05, 3.63) is 53.6 Å². The van der Waals surface area contributed by atoms with Crippen molar-refractivity contribution in [1.29, 1.82) is 0 Å². The summed E-state index contributed by atoms with van der Waals surface area (Å²) in [4.78, 5) is 39.5. The third-order valence-electron chi connectivity index (χ3n) is 6.50. The monoisotopic (exact) mass is 535 g/mol. The van der Waals surface area contributed by atoms with E-state index in [0.717, 1.165) is 0 Å². The van der Waals surface area contributed by atoms with Gasteiger partial charge in [-0.3, -0.25) is 14.4 Å². The third-order valence-corrected chi connectivity index (χ3v) is 6.50. The molecule has 0 aliphatic carbocycles. The van der Waals surface area contributed by atoms with Crippen molar-refractivity contribution in [1.82, 2.24) is 10.2 Å². The van der Waals surface area contributed by atoms with Crippen LogP contribution < -0.4 is 20.1 Å². The lowest BCUT2D eigenvalue weighted by Crippen LogP contribution is -2.54. The molecule has 3 atom stereocenters. The van der Waals surface area contributed by atoms with Gasteiger partial charge in [-0.25, -0.2) is 0 Å². The predicted octanol–water partition coefficient (Wildman–Crippen LogP) is 3.40. The first kappa shape index (κ1) is 27.2. The molecule has 9 nitrogen and oxygen atoms in total. The second-order valence-electron chi connectivity index (χ2n) is 9.16. The number of rotatable bonds is 6. The molecular formula is C26H28F3N3O6. The van der Waals surface area contributed by atoms with Crippen molar-refractivity contribution in [3.63, 3.8) is 0 Å². The third kappa shape index (κ3) is 6.55. The number of methoxy groups -OCH3 is 1. The molecule has 2 aliphatic rings. The van der Waals surface area contributed by atoms with E-state index in [1.54, 1.807) is 54.4 Å².